The third-order valence-electron chi connectivity index (χ3n) is 5.57. The van der Waals surface area contributed by atoms with Crippen molar-refractivity contribution in [3.05, 3.63) is 34.3 Å². The number of sulfonamides is 1. The van der Waals surface area contributed by atoms with Crippen LogP contribution in [0.3, 0.4) is 0 Å². The van der Waals surface area contributed by atoms with Crippen LogP contribution in [0.1, 0.15) is 41.3 Å². The number of aryl methyl sites for hydroxylation is 2. The molecule has 0 atom stereocenters. The fourth-order valence-corrected chi connectivity index (χ4v) is 6.36. The summed E-state index contributed by atoms with van der Waals surface area (Å²) >= 11 is 1.66. The maximum Gasteiger partial charge on any atom is 0.243 e. The molecule has 1 aromatic heterocycles. The Bertz CT molecular complexity index is 928. The van der Waals surface area contributed by atoms with Gasteiger partial charge in [0, 0.05) is 32.1 Å². The van der Waals surface area contributed by atoms with Gasteiger partial charge in [0.25, 0.3) is 0 Å². The molecule has 1 aliphatic heterocycles. The molecule has 2 heterocycles. The highest BCUT2D eigenvalue weighted by Crippen LogP contribution is 2.42. The second-order valence-corrected chi connectivity index (χ2v) is 10.3. The quantitative estimate of drug-likeness (QED) is 0.802. The Hall–Kier alpha value is -1.51. The van der Waals surface area contributed by atoms with E-state index in [0.29, 0.717) is 37.0 Å². The van der Waals surface area contributed by atoms with Crippen LogP contribution in [0.4, 0.5) is 5.13 Å². The molecule has 0 bridgehead atoms. The number of nitrogens with zero attached hydrogens (tertiary/aromatic N) is 4. The maximum absolute atomic E-state index is 13.0. The van der Waals surface area contributed by atoms with E-state index in [-0.39, 0.29) is 0 Å². The van der Waals surface area contributed by atoms with Crippen molar-refractivity contribution in [1.82, 2.24) is 14.5 Å². The minimum absolute atomic E-state index is 0.443. The number of hydrogen-bond donors (Lipinski definition) is 0. The summed E-state index contributed by atoms with van der Waals surface area (Å²) in [6, 6.07) is 5.65. The van der Waals surface area contributed by atoms with E-state index in [2.05, 4.69) is 15.1 Å². The summed E-state index contributed by atoms with van der Waals surface area (Å²) in [6.45, 7) is 2.34. The summed E-state index contributed by atoms with van der Waals surface area (Å²) in [5, 5.41) is 10.7. The molecule has 5 rings (SSSR count). The molecule has 2 fully saturated rings. The lowest BCUT2D eigenvalue weighted by atomic mass is 10.1. The summed E-state index contributed by atoms with van der Waals surface area (Å²) in [7, 11) is -3.41. The third-order valence-corrected chi connectivity index (χ3v) is 8.61. The standard InChI is InChI=1S/C18H22N4O2S2/c23-26(24,16-7-6-13-2-1-3-15(13)12-16)22-10-8-21(9-11-22)18-20-19-17(25-18)14-4-5-14/h6-7,12,14H,1-5,8-11H2. The Balaban J connectivity index is 1.29. The van der Waals surface area contributed by atoms with Crippen LogP contribution in [0.5, 0.6) is 0 Å². The van der Waals surface area contributed by atoms with Gasteiger partial charge < -0.3 is 4.90 Å². The number of rotatable bonds is 4. The van der Waals surface area contributed by atoms with E-state index in [0.717, 1.165) is 29.4 Å². The molecule has 3 aliphatic rings. The van der Waals surface area contributed by atoms with Crippen molar-refractivity contribution in [3.63, 3.8) is 0 Å². The minimum atomic E-state index is -3.41. The molecule has 0 N–H and O–H groups in total. The first-order valence-electron chi connectivity index (χ1n) is 9.31. The molecule has 0 unspecified atom stereocenters. The molecule has 1 saturated heterocycles. The molecule has 0 amide bonds. The summed E-state index contributed by atoms with van der Waals surface area (Å²) in [4.78, 5) is 2.61. The zero-order chi connectivity index (χ0) is 17.7. The first kappa shape index (κ1) is 16.6. The Morgan fingerprint density at radius 3 is 2.54 bits per heavy atom. The number of piperazine rings is 1. The zero-order valence-corrected chi connectivity index (χ0v) is 16.2. The molecule has 26 heavy (non-hydrogen) atoms. The first-order chi connectivity index (χ1) is 12.6. The van der Waals surface area contributed by atoms with Crippen LogP contribution in [-0.2, 0) is 22.9 Å². The van der Waals surface area contributed by atoms with E-state index in [1.165, 1.54) is 24.0 Å². The Kier molecular flexibility index (Phi) is 4.02. The molecule has 1 aromatic carbocycles. The van der Waals surface area contributed by atoms with Gasteiger partial charge in [-0.15, -0.1) is 10.2 Å². The number of hydrogen-bond acceptors (Lipinski definition) is 6. The Morgan fingerprint density at radius 1 is 1.00 bits per heavy atom. The summed E-state index contributed by atoms with van der Waals surface area (Å²) < 4.78 is 27.6. The van der Waals surface area contributed by atoms with Gasteiger partial charge in [0.15, 0.2) is 0 Å². The smallest absolute Gasteiger partial charge is 0.243 e. The van der Waals surface area contributed by atoms with Crippen molar-refractivity contribution in [1.29, 1.82) is 0 Å². The van der Waals surface area contributed by atoms with E-state index < -0.39 is 10.0 Å². The number of benzene rings is 1. The van der Waals surface area contributed by atoms with Gasteiger partial charge in [-0.1, -0.05) is 17.4 Å². The number of anilines is 1. The highest BCUT2D eigenvalue weighted by Gasteiger charge is 2.32. The molecular formula is C18H22N4O2S2. The first-order valence-corrected chi connectivity index (χ1v) is 11.6. The highest BCUT2D eigenvalue weighted by molar-refractivity contribution is 7.89. The highest BCUT2D eigenvalue weighted by atomic mass is 32.2. The van der Waals surface area contributed by atoms with E-state index in [9.17, 15) is 8.42 Å². The SMILES string of the molecule is O=S(=O)(c1ccc2c(c1)CCC2)N1CCN(c2nnc(C3CC3)s2)CC1. The Morgan fingerprint density at radius 2 is 1.77 bits per heavy atom. The molecule has 2 aromatic rings. The largest absolute Gasteiger partial charge is 0.344 e. The molecule has 138 valence electrons. The molecule has 1 saturated carbocycles. The van der Waals surface area contributed by atoms with Gasteiger partial charge in [-0.05, 0) is 55.4 Å². The second-order valence-electron chi connectivity index (χ2n) is 7.37. The van der Waals surface area contributed by atoms with Crippen LogP contribution in [0.15, 0.2) is 23.1 Å². The second kappa shape index (κ2) is 6.28. The van der Waals surface area contributed by atoms with Crippen molar-refractivity contribution in [3.8, 4) is 0 Å². The minimum Gasteiger partial charge on any atom is -0.344 e. The van der Waals surface area contributed by atoms with Gasteiger partial charge in [-0.3, -0.25) is 0 Å². The van der Waals surface area contributed by atoms with Crippen LogP contribution >= 0.6 is 11.3 Å². The zero-order valence-electron chi connectivity index (χ0n) is 14.6. The predicted molar refractivity (Wildman–Crippen MR) is 101 cm³/mol. The Labute approximate surface area is 157 Å². The van der Waals surface area contributed by atoms with Crippen LogP contribution < -0.4 is 4.90 Å². The van der Waals surface area contributed by atoms with Gasteiger partial charge in [-0.25, -0.2) is 8.42 Å². The molecule has 6 nitrogen and oxygen atoms in total. The number of aromatic nitrogens is 2. The normalized spacial score (nSPS) is 21.2. The lowest BCUT2D eigenvalue weighted by Crippen LogP contribution is -2.48. The summed E-state index contributed by atoms with van der Waals surface area (Å²) in [5.74, 6) is 0.614. The van der Waals surface area contributed by atoms with Gasteiger partial charge in [0.2, 0.25) is 15.2 Å². The van der Waals surface area contributed by atoms with Gasteiger partial charge in [0.1, 0.15) is 5.01 Å². The van der Waals surface area contributed by atoms with Crippen LogP contribution in [0.2, 0.25) is 0 Å². The topological polar surface area (TPSA) is 66.4 Å². The molecule has 0 spiro atoms. The molecule has 2 aliphatic carbocycles. The van der Waals surface area contributed by atoms with Crippen molar-refractivity contribution in [2.24, 2.45) is 0 Å². The van der Waals surface area contributed by atoms with Crippen molar-refractivity contribution in [2.45, 2.75) is 42.9 Å². The van der Waals surface area contributed by atoms with E-state index in [4.69, 9.17) is 0 Å². The summed E-state index contributed by atoms with van der Waals surface area (Å²) in [5.41, 5.74) is 2.50. The average molecular weight is 391 g/mol. The lowest BCUT2D eigenvalue weighted by molar-refractivity contribution is 0.384. The third kappa shape index (κ3) is 2.93. The van der Waals surface area contributed by atoms with Gasteiger partial charge in [-0.2, -0.15) is 4.31 Å². The predicted octanol–water partition coefficient (Wildman–Crippen LogP) is 2.42. The van der Waals surface area contributed by atoms with Crippen LogP contribution in [-0.4, -0.2) is 49.1 Å². The summed E-state index contributed by atoms with van der Waals surface area (Å²) in [6.07, 6.45) is 5.64. The van der Waals surface area contributed by atoms with E-state index in [1.807, 2.05) is 12.1 Å². The van der Waals surface area contributed by atoms with Crippen LogP contribution in [0, 0.1) is 0 Å². The van der Waals surface area contributed by atoms with Crippen LogP contribution in [0.25, 0.3) is 0 Å². The monoisotopic (exact) mass is 390 g/mol. The fourth-order valence-electron chi connectivity index (χ4n) is 3.83. The fraction of sp³-hybridized carbons (Fsp3) is 0.556. The van der Waals surface area contributed by atoms with Crippen molar-refractivity contribution >= 4 is 26.5 Å². The average Bonchev–Trinajstić information content (AvgIpc) is 3.20. The number of fused-ring (bicyclic) bond motifs is 1. The molecule has 0 radical (unpaired) electrons. The van der Waals surface area contributed by atoms with E-state index in [1.54, 1.807) is 21.7 Å². The molecular weight excluding hydrogens is 368 g/mol. The van der Waals surface area contributed by atoms with Gasteiger partial charge in [0.05, 0.1) is 4.90 Å². The molecule has 8 heteroatoms. The van der Waals surface area contributed by atoms with Crippen molar-refractivity contribution in [2.75, 3.05) is 31.1 Å². The maximum atomic E-state index is 13.0. The lowest BCUT2D eigenvalue weighted by Gasteiger charge is -2.33. The van der Waals surface area contributed by atoms with Crippen molar-refractivity contribution < 1.29 is 8.42 Å². The van der Waals surface area contributed by atoms with E-state index >= 15 is 0 Å². The van der Waals surface area contributed by atoms with Gasteiger partial charge >= 0.3 is 0 Å².